The first-order valence-electron chi connectivity index (χ1n) is 7.92. The Labute approximate surface area is 133 Å². The van der Waals surface area contributed by atoms with Crippen LogP contribution in [0.25, 0.3) is 0 Å². The van der Waals surface area contributed by atoms with Crippen molar-refractivity contribution in [2.45, 2.75) is 38.4 Å². The van der Waals surface area contributed by atoms with Gasteiger partial charge >= 0.3 is 0 Å². The quantitative estimate of drug-likeness (QED) is 0.773. The molecule has 1 aromatic rings. The average Bonchev–Trinajstić information content (AvgIpc) is 2.36. The molecule has 1 amide bonds. The number of nitrogens with zero attached hydrogens (tertiary/aromatic N) is 1. The van der Waals surface area contributed by atoms with Gasteiger partial charge in [0.25, 0.3) is 0 Å². The number of likely N-dealkylation sites (tertiary alicyclic amines) is 1. The average molecular weight is 323 g/mol. The second-order valence-electron chi connectivity index (χ2n) is 6.48. The molecule has 0 atom stereocenters. The minimum absolute atomic E-state index is 0.0759. The van der Waals surface area contributed by atoms with E-state index in [2.05, 4.69) is 12.1 Å². The van der Waals surface area contributed by atoms with E-state index in [9.17, 15) is 13.2 Å². The lowest BCUT2D eigenvalue weighted by Gasteiger charge is -2.39. The number of hydrogen-bond donors (Lipinski definition) is 0. The number of sulfone groups is 1. The number of amides is 1. The van der Waals surface area contributed by atoms with E-state index in [-0.39, 0.29) is 22.8 Å². The third-order valence-electron chi connectivity index (χ3n) is 3.97. The summed E-state index contributed by atoms with van der Waals surface area (Å²) >= 11 is 0. The van der Waals surface area contributed by atoms with Crippen LogP contribution in [0.4, 0.5) is 0 Å². The Bertz CT molecular complexity index is 590. The Hall–Kier alpha value is -1.36. The van der Waals surface area contributed by atoms with Crippen LogP contribution in [0.3, 0.4) is 0 Å². The van der Waals surface area contributed by atoms with E-state index < -0.39 is 9.84 Å². The molecule has 1 aliphatic rings. The second kappa shape index (κ2) is 7.27. The Morgan fingerprint density at radius 3 is 2.45 bits per heavy atom. The Balaban J connectivity index is 1.71. The molecule has 0 aromatic heterocycles. The van der Waals surface area contributed by atoms with Crippen molar-refractivity contribution >= 4 is 15.7 Å². The summed E-state index contributed by atoms with van der Waals surface area (Å²) in [6.45, 7) is 4.56. The van der Waals surface area contributed by atoms with E-state index in [0.717, 1.165) is 12.8 Å². The van der Waals surface area contributed by atoms with Gasteiger partial charge in [-0.3, -0.25) is 4.79 Å². The van der Waals surface area contributed by atoms with Gasteiger partial charge in [-0.05, 0) is 24.3 Å². The van der Waals surface area contributed by atoms with Crippen molar-refractivity contribution < 1.29 is 13.2 Å². The molecular weight excluding hydrogens is 298 g/mol. The summed E-state index contributed by atoms with van der Waals surface area (Å²) in [5, 5.41) is -0.354. The van der Waals surface area contributed by atoms with Crippen molar-refractivity contribution in [2.24, 2.45) is 5.92 Å². The van der Waals surface area contributed by atoms with Gasteiger partial charge in [0.1, 0.15) is 0 Å². The molecule has 1 heterocycles. The molecule has 0 N–H and O–H groups in total. The van der Waals surface area contributed by atoms with E-state index in [0.29, 0.717) is 19.5 Å². The van der Waals surface area contributed by atoms with Crippen molar-refractivity contribution in [3.05, 3.63) is 35.9 Å². The van der Waals surface area contributed by atoms with Crippen molar-refractivity contribution in [3.63, 3.8) is 0 Å². The number of aryl methyl sites for hydroxylation is 1. The topological polar surface area (TPSA) is 54.5 Å². The predicted molar refractivity (Wildman–Crippen MR) is 88.4 cm³/mol. The van der Waals surface area contributed by atoms with Gasteiger partial charge in [-0.15, -0.1) is 0 Å². The molecule has 4 nitrogen and oxygen atoms in total. The van der Waals surface area contributed by atoms with Gasteiger partial charge in [-0.25, -0.2) is 8.42 Å². The van der Waals surface area contributed by atoms with Crippen molar-refractivity contribution in [2.75, 3.05) is 18.8 Å². The highest BCUT2D eigenvalue weighted by Crippen LogP contribution is 2.20. The lowest BCUT2D eigenvalue weighted by Crippen LogP contribution is -2.57. The number of carbonyl (C=O) groups is 1. The van der Waals surface area contributed by atoms with Crippen LogP contribution in [0.1, 0.15) is 32.3 Å². The van der Waals surface area contributed by atoms with E-state index in [4.69, 9.17) is 0 Å². The first-order valence-corrected chi connectivity index (χ1v) is 9.63. The summed E-state index contributed by atoms with van der Waals surface area (Å²) in [5.74, 6) is 0.431. The highest BCUT2D eigenvalue weighted by atomic mass is 32.2. The minimum Gasteiger partial charge on any atom is -0.340 e. The minimum atomic E-state index is -3.05. The molecule has 122 valence electrons. The number of benzene rings is 1. The first-order chi connectivity index (χ1) is 10.4. The largest absolute Gasteiger partial charge is 0.340 e. The molecule has 1 saturated heterocycles. The molecule has 0 saturated carbocycles. The van der Waals surface area contributed by atoms with Gasteiger partial charge in [0.15, 0.2) is 9.84 Å². The van der Waals surface area contributed by atoms with Crippen molar-refractivity contribution in [1.82, 2.24) is 4.90 Å². The van der Waals surface area contributed by atoms with Gasteiger partial charge < -0.3 is 4.90 Å². The fraction of sp³-hybridized carbons (Fsp3) is 0.588. The molecule has 2 rings (SSSR count). The van der Waals surface area contributed by atoms with Crippen molar-refractivity contribution in [1.29, 1.82) is 0 Å². The van der Waals surface area contributed by atoms with E-state index >= 15 is 0 Å². The van der Waals surface area contributed by atoms with E-state index in [1.54, 1.807) is 4.90 Å². The first kappa shape index (κ1) is 17.0. The van der Waals surface area contributed by atoms with Gasteiger partial charge in [0.2, 0.25) is 5.91 Å². The van der Waals surface area contributed by atoms with Gasteiger partial charge in [-0.1, -0.05) is 44.2 Å². The molecule has 0 unspecified atom stereocenters. The maximum atomic E-state index is 12.1. The lowest BCUT2D eigenvalue weighted by molar-refractivity contribution is -0.134. The highest BCUT2D eigenvalue weighted by molar-refractivity contribution is 7.92. The maximum Gasteiger partial charge on any atom is 0.222 e. The van der Waals surface area contributed by atoms with Gasteiger partial charge in [0, 0.05) is 19.5 Å². The molecular formula is C17H25NO3S. The summed E-state index contributed by atoms with van der Waals surface area (Å²) in [6.07, 6.45) is 2.18. The monoisotopic (exact) mass is 323 g/mol. The third-order valence-corrected chi connectivity index (χ3v) is 6.42. The summed E-state index contributed by atoms with van der Waals surface area (Å²) in [4.78, 5) is 13.7. The molecule has 0 spiro atoms. The summed E-state index contributed by atoms with van der Waals surface area (Å²) in [5.41, 5.74) is 1.23. The Morgan fingerprint density at radius 2 is 1.86 bits per heavy atom. The second-order valence-corrected chi connectivity index (χ2v) is 8.81. The molecule has 0 bridgehead atoms. The van der Waals surface area contributed by atoms with Gasteiger partial charge in [0.05, 0.1) is 11.0 Å². The molecule has 22 heavy (non-hydrogen) atoms. The number of carbonyl (C=O) groups excluding carboxylic acids is 1. The maximum absolute atomic E-state index is 12.1. The van der Waals surface area contributed by atoms with Crippen LogP contribution in [-0.2, 0) is 21.1 Å². The zero-order chi connectivity index (χ0) is 16.2. The zero-order valence-electron chi connectivity index (χ0n) is 13.4. The van der Waals surface area contributed by atoms with Gasteiger partial charge in [-0.2, -0.15) is 0 Å². The van der Waals surface area contributed by atoms with Crippen LogP contribution in [-0.4, -0.2) is 43.3 Å². The Morgan fingerprint density at radius 1 is 1.23 bits per heavy atom. The summed E-state index contributed by atoms with van der Waals surface area (Å²) in [7, 11) is -3.05. The SMILES string of the molecule is CC(C)CS(=O)(=O)C1CN(C(=O)CCCc2ccccc2)C1. The predicted octanol–water partition coefficient (Wildman–Crippen LogP) is 2.29. The lowest BCUT2D eigenvalue weighted by atomic mass is 10.1. The third kappa shape index (κ3) is 4.57. The molecule has 1 aliphatic heterocycles. The zero-order valence-corrected chi connectivity index (χ0v) is 14.2. The molecule has 1 fully saturated rings. The van der Waals surface area contributed by atoms with Crippen LogP contribution in [0, 0.1) is 5.92 Å². The highest BCUT2D eigenvalue weighted by Gasteiger charge is 2.39. The molecule has 5 heteroatoms. The van der Waals surface area contributed by atoms with Crippen LogP contribution in [0.2, 0.25) is 0 Å². The smallest absolute Gasteiger partial charge is 0.222 e. The van der Waals surface area contributed by atoms with Crippen LogP contribution >= 0.6 is 0 Å². The van der Waals surface area contributed by atoms with E-state index in [1.807, 2.05) is 32.0 Å². The van der Waals surface area contributed by atoms with Crippen LogP contribution in [0.5, 0.6) is 0 Å². The number of hydrogen-bond acceptors (Lipinski definition) is 3. The molecule has 1 aromatic carbocycles. The standard InChI is InChI=1S/C17H25NO3S/c1-14(2)13-22(20,21)16-11-18(12-16)17(19)10-6-9-15-7-4-3-5-8-15/h3-5,7-8,14,16H,6,9-13H2,1-2H3. The van der Waals surface area contributed by atoms with Crippen molar-refractivity contribution in [3.8, 4) is 0 Å². The van der Waals surface area contributed by atoms with Crippen LogP contribution < -0.4 is 0 Å². The Kier molecular flexibility index (Phi) is 5.62. The number of rotatable bonds is 7. The summed E-state index contributed by atoms with van der Waals surface area (Å²) < 4.78 is 24.1. The normalized spacial score (nSPS) is 15.9. The van der Waals surface area contributed by atoms with E-state index in [1.165, 1.54) is 5.56 Å². The van der Waals surface area contributed by atoms with Crippen LogP contribution in [0.15, 0.2) is 30.3 Å². The fourth-order valence-corrected chi connectivity index (χ4v) is 4.73. The molecule has 0 aliphatic carbocycles. The molecule has 0 radical (unpaired) electrons. The summed E-state index contributed by atoms with van der Waals surface area (Å²) in [6, 6.07) is 10.1. The fourth-order valence-electron chi connectivity index (χ4n) is 2.72.